The molecule has 6 nitrogen and oxygen atoms in total. The van der Waals surface area contributed by atoms with E-state index < -0.39 is 21.8 Å². The molecule has 0 atom stereocenters. The van der Waals surface area contributed by atoms with Crippen LogP contribution in [0.25, 0.3) is 0 Å². The fourth-order valence-corrected chi connectivity index (χ4v) is 4.43. The highest BCUT2D eigenvalue weighted by molar-refractivity contribution is 9.10. The molecule has 2 aromatic rings. The van der Waals surface area contributed by atoms with Crippen molar-refractivity contribution in [3.05, 3.63) is 52.0 Å². The number of sulfonamides is 1. The summed E-state index contributed by atoms with van der Waals surface area (Å²) in [6.07, 6.45) is -4.46. The highest BCUT2D eigenvalue weighted by Gasteiger charge is 2.30. The first-order valence-corrected chi connectivity index (χ1v) is 9.76. The highest BCUT2D eigenvalue weighted by atomic mass is 79.9. The summed E-state index contributed by atoms with van der Waals surface area (Å²) in [5.41, 5.74) is -0.116. The standard InChI is InChI=1S/C16H12BrF3N2O4S/c17-11-5-12-13(26-8-15(23)22-12)6-14(11)27(24,25)21-7-9-1-3-10(4-2-9)16(18,19)20/h1-6,21H,7-8H2,(H,22,23). The van der Waals surface area contributed by atoms with Crippen LogP contribution in [0.5, 0.6) is 5.75 Å². The van der Waals surface area contributed by atoms with Crippen LogP contribution in [-0.4, -0.2) is 20.9 Å². The van der Waals surface area contributed by atoms with Crippen molar-refractivity contribution in [1.29, 1.82) is 0 Å². The molecule has 0 radical (unpaired) electrons. The van der Waals surface area contributed by atoms with Gasteiger partial charge in [0.1, 0.15) is 10.6 Å². The van der Waals surface area contributed by atoms with Crippen molar-refractivity contribution in [3.8, 4) is 5.75 Å². The van der Waals surface area contributed by atoms with E-state index in [0.717, 1.165) is 12.1 Å². The van der Waals surface area contributed by atoms with Gasteiger partial charge in [-0.1, -0.05) is 12.1 Å². The molecule has 0 spiro atoms. The molecule has 3 rings (SSSR count). The fourth-order valence-electron chi connectivity index (χ4n) is 2.36. The van der Waals surface area contributed by atoms with Crippen LogP contribution in [0.4, 0.5) is 18.9 Å². The molecule has 11 heteroatoms. The van der Waals surface area contributed by atoms with Gasteiger partial charge in [-0.2, -0.15) is 13.2 Å². The average molecular weight is 465 g/mol. The smallest absolute Gasteiger partial charge is 0.416 e. The van der Waals surface area contributed by atoms with Gasteiger partial charge in [-0.25, -0.2) is 13.1 Å². The number of alkyl halides is 3. The van der Waals surface area contributed by atoms with Crippen LogP contribution in [0.3, 0.4) is 0 Å². The van der Waals surface area contributed by atoms with Crippen LogP contribution in [0.2, 0.25) is 0 Å². The average Bonchev–Trinajstić information content (AvgIpc) is 2.59. The Kier molecular flexibility index (Phi) is 5.19. The Hall–Kier alpha value is -2.11. The molecular weight excluding hydrogens is 453 g/mol. The molecule has 0 saturated carbocycles. The van der Waals surface area contributed by atoms with Crippen molar-refractivity contribution >= 4 is 37.5 Å². The van der Waals surface area contributed by atoms with E-state index in [0.29, 0.717) is 11.3 Å². The van der Waals surface area contributed by atoms with Gasteiger partial charge in [0.2, 0.25) is 10.0 Å². The van der Waals surface area contributed by atoms with Crippen molar-refractivity contribution in [2.75, 3.05) is 11.9 Å². The lowest BCUT2D eigenvalue weighted by Gasteiger charge is -2.19. The zero-order valence-corrected chi connectivity index (χ0v) is 15.8. The van der Waals surface area contributed by atoms with E-state index in [-0.39, 0.29) is 34.2 Å². The largest absolute Gasteiger partial charge is 0.482 e. The highest BCUT2D eigenvalue weighted by Crippen LogP contribution is 2.36. The number of anilines is 1. The third kappa shape index (κ3) is 4.42. The summed E-state index contributed by atoms with van der Waals surface area (Å²) in [6.45, 7) is -0.422. The number of hydrogen-bond acceptors (Lipinski definition) is 4. The topological polar surface area (TPSA) is 84.5 Å². The predicted octanol–water partition coefficient (Wildman–Crippen LogP) is 3.28. The normalized spacial score (nSPS) is 14.3. The second kappa shape index (κ2) is 7.13. The molecule has 1 heterocycles. The number of fused-ring (bicyclic) bond motifs is 1. The van der Waals surface area contributed by atoms with E-state index in [1.165, 1.54) is 24.3 Å². The Morgan fingerprint density at radius 1 is 1.19 bits per heavy atom. The molecule has 0 aromatic heterocycles. The Labute approximate surface area is 160 Å². The van der Waals surface area contributed by atoms with Crippen molar-refractivity contribution in [2.45, 2.75) is 17.6 Å². The van der Waals surface area contributed by atoms with E-state index >= 15 is 0 Å². The van der Waals surface area contributed by atoms with Crippen molar-refractivity contribution in [2.24, 2.45) is 0 Å². The van der Waals surface area contributed by atoms with Gasteiger partial charge in [0.05, 0.1) is 11.3 Å². The minimum Gasteiger partial charge on any atom is -0.482 e. The maximum Gasteiger partial charge on any atom is 0.416 e. The molecule has 0 fully saturated rings. The van der Waals surface area contributed by atoms with Crippen LogP contribution >= 0.6 is 15.9 Å². The maximum absolute atomic E-state index is 12.6. The minimum absolute atomic E-state index is 0.121. The molecule has 1 aliphatic rings. The van der Waals surface area contributed by atoms with Crippen molar-refractivity contribution in [1.82, 2.24) is 4.72 Å². The lowest BCUT2D eigenvalue weighted by atomic mass is 10.1. The number of nitrogens with one attached hydrogen (secondary N) is 2. The zero-order valence-electron chi connectivity index (χ0n) is 13.4. The van der Waals surface area contributed by atoms with Gasteiger partial charge in [-0.05, 0) is 39.7 Å². The number of rotatable bonds is 4. The van der Waals surface area contributed by atoms with Crippen LogP contribution < -0.4 is 14.8 Å². The second-order valence-electron chi connectivity index (χ2n) is 5.63. The van der Waals surface area contributed by atoms with E-state index in [4.69, 9.17) is 4.74 Å². The number of carbonyl (C=O) groups is 1. The Bertz CT molecular complexity index is 992. The summed E-state index contributed by atoms with van der Waals surface area (Å²) >= 11 is 3.14. The van der Waals surface area contributed by atoms with Gasteiger partial charge in [0.25, 0.3) is 5.91 Å². The van der Waals surface area contributed by atoms with Crippen LogP contribution in [0.1, 0.15) is 11.1 Å². The molecule has 1 amide bonds. The third-order valence-corrected chi connectivity index (χ3v) is 6.06. The van der Waals surface area contributed by atoms with Gasteiger partial charge >= 0.3 is 6.18 Å². The number of benzene rings is 2. The monoisotopic (exact) mass is 464 g/mol. The van der Waals surface area contributed by atoms with Gasteiger partial charge in [0.15, 0.2) is 6.61 Å². The van der Waals surface area contributed by atoms with Gasteiger partial charge < -0.3 is 10.1 Å². The number of ether oxygens (including phenoxy) is 1. The first-order chi connectivity index (χ1) is 12.6. The van der Waals surface area contributed by atoms with Gasteiger partial charge in [0, 0.05) is 17.1 Å². The Morgan fingerprint density at radius 2 is 1.85 bits per heavy atom. The molecule has 144 valence electrons. The van der Waals surface area contributed by atoms with Crippen LogP contribution in [0.15, 0.2) is 45.8 Å². The van der Waals surface area contributed by atoms with Crippen LogP contribution in [0, 0.1) is 0 Å². The summed E-state index contributed by atoms with van der Waals surface area (Å²) in [7, 11) is -3.99. The van der Waals surface area contributed by atoms with E-state index in [2.05, 4.69) is 26.0 Å². The Balaban J connectivity index is 1.78. The lowest BCUT2D eigenvalue weighted by molar-refractivity contribution is -0.137. The summed E-state index contributed by atoms with van der Waals surface area (Å²) in [5.74, 6) is -0.154. The number of carbonyl (C=O) groups excluding carboxylic acids is 1. The molecule has 0 aliphatic carbocycles. The zero-order chi connectivity index (χ0) is 19.8. The molecule has 27 heavy (non-hydrogen) atoms. The molecule has 0 unspecified atom stereocenters. The van der Waals surface area contributed by atoms with Crippen molar-refractivity contribution < 1.29 is 31.1 Å². The molecule has 2 aromatic carbocycles. The maximum atomic E-state index is 12.6. The summed E-state index contributed by atoms with van der Waals surface area (Å²) < 4.78 is 70.5. The van der Waals surface area contributed by atoms with E-state index in [1.807, 2.05) is 0 Å². The number of amides is 1. The first-order valence-electron chi connectivity index (χ1n) is 7.48. The summed E-state index contributed by atoms with van der Waals surface area (Å²) in [5, 5.41) is 2.55. The third-order valence-electron chi connectivity index (χ3n) is 3.70. The molecule has 0 bridgehead atoms. The lowest BCUT2D eigenvalue weighted by Crippen LogP contribution is -2.27. The SMILES string of the molecule is O=C1COc2cc(S(=O)(=O)NCc3ccc(C(F)(F)F)cc3)c(Br)cc2N1. The fraction of sp³-hybridized carbons (Fsp3) is 0.188. The Morgan fingerprint density at radius 3 is 2.48 bits per heavy atom. The summed E-state index contributed by atoms with van der Waals surface area (Å²) in [4.78, 5) is 11.2. The molecular formula is C16H12BrF3N2O4S. The molecule has 1 aliphatic heterocycles. The molecule has 2 N–H and O–H groups in total. The van der Waals surface area contributed by atoms with Gasteiger partial charge in [-0.15, -0.1) is 0 Å². The number of hydrogen-bond donors (Lipinski definition) is 2. The quantitative estimate of drug-likeness (QED) is 0.726. The predicted molar refractivity (Wildman–Crippen MR) is 93.7 cm³/mol. The first kappa shape index (κ1) is 19.6. The molecule has 0 saturated heterocycles. The van der Waals surface area contributed by atoms with Crippen molar-refractivity contribution in [3.63, 3.8) is 0 Å². The van der Waals surface area contributed by atoms with Gasteiger partial charge in [-0.3, -0.25) is 4.79 Å². The van der Waals surface area contributed by atoms with E-state index in [9.17, 15) is 26.4 Å². The van der Waals surface area contributed by atoms with E-state index in [1.54, 1.807) is 0 Å². The second-order valence-corrected chi connectivity index (χ2v) is 8.22. The summed E-state index contributed by atoms with van der Waals surface area (Å²) in [6, 6.07) is 6.83. The van der Waals surface area contributed by atoms with Crippen LogP contribution in [-0.2, 0) is 27.5 Å². The number of halogens is 4. The minimum atomic E-state index is -4.46.